The van der Waals surface area contributed by atoms with E-state index in [0.717, 1.165) is 19.1 Å². The monoisotopic (exact) mass is 512 g/mol. The maximum atomic E-state index is 13.9. The number of fused-ring (bicyclic) bond motifs is 1. The summed E-state index contributed by atoms with van der Waals surface area (Å²) in [7, 11) is -3.53. The van der Waals surface area contributed by atoms with Crippen molar-refractivity contribution in [3.63, 3.8) is 0 Å². The van der Waals surface area contributed by atoms with Crippen LogP contribution in [-0.2, 0) is 14.8 Å². The Labute approximate surface area is 203 Å². The molecule has 5 atom stereocenters. The number of hydrogen-bond acceptors (Lipinski definition) is 4. The van der Waals surface area contributed by atoms with Gasteiger partial charge in [0.2, 0.25) is 10.0 Å². The van der Waals surface area contributed by atoms with E-state index in [0.29, 0.717) is 40.5 Å². The summed E-state index contributed by atoms with van der Waals surface area (Å²) in [5.74, 6) is -2.85. The molecule has 0 aromatic heterocycles. The largest absolute Gasteiger partial charge is 0.481 e. The molecule has 0 radical (unpaired) electrons. The molecule has 1 aromatic rings. The smallest absolute Gasteiger partial charge is 0.313 e. The molecule has 0 spiro atoms. The highest BCUT2D eigenvalue weighted by molar-refractivity contribution is 7.88. The van der Waals surface area contributed by atoms with Gasteiger partial charge in [0.1, 0.15) is 5.92 Å². The molecule has 1 saturated carbocycles. The highest BCUT2D eigenvalue weighted by Gasteiger charge is 2.51. The number of carbonyl (C=O) groups excluding carboxylic acids is 1. The quantitative estimate of drug-likeness (QED) is 0.624. The lowest BCUT2D eigenvalue weighted by Crippen LogP contribution is -2.63. The van der Waals surface area contributed by atoms with Crippen LogP contribution in [0.1, 0.15) is 53.9 Å². The van der Waals surface area contributed by atoms with Gasteiger partial charge in [0.05, 0.1) is 12.3 Å². The van der Waals surface area contributed by atoms with Crippen LogP contribution in [0.2, 0.25) is 0 Å². The molecule has 1 fully saturated rings. The summed E-state index contributed by atoms with van der Waals surface area (Å²) in [5, 5.41) is 11.2. The van der Waals surface area contributed by atoms with E-state index < -0.39 is 46.0 Å². The molecule has 0 bridgehead atoms. The Bertz CT molecular complexity index is 1130. The number of benzene rings is 1. The first-order valence-electron chi connectivity index (χ1n) is 10.9. The summed E-state index contributed by atoms with van der Waals surface area (Å²) in [6.07, 6.45) is 7.59. The molecule has 4 rings (SSSR count). The average Bonchev–Trinajstić information content (AvgIpc) is 2.73. The third kappa shape index (κ3) is 4.85. The third-order valence-electron chi connectivity index (χ3n) is 6.75. The second-order valence-corrected chi connectivity index (χ2v) is 11.6. The molecule has 1 amide bonds. The fraction of sp³-hybridized carbons (Fsp3) is 0.478. The minimum Gasteiger partial charge on any atom is -0.481 e. The lowest BCUT2D eigenvalue weighted by atomic mass is 9.73. The first-order valence-corrected chi connectivity index (χ1v) is 13.6. The summed E-state index contributed by atoms with van der Waals surface area (Å²) in [4.78, 5) is 28.1. The summed E-state index contributed by atoms with van der Waals surface area (Å²) in [6, 6.07) is 4.94. The van der Waals surface area contributed by atoms with Crippen LogP contribution >= 0.6 is 23.2 Å². The lowest BCUT2D eigenvalue weighted by Gasteiger charge is -2.50. The van der Waals surface area contributed by atoms with Crippen molar-refractivity contribution in [2.24, 2.45) is 5.92 Å². The molecule has 0 saturated heterocycles. The maximum absolute atomic E-state index is 13.9. The van der Waals surface area contributed by atoms with Gasteiger partial charge >= 0.3 is 5.97 Å². The van der Waals surface area contributed by atoms with Crippen LogP contribution in [0.5, 0.6) is 0 Å². The zero-order chi connectivity index (χ0) is 23.9. The molecule has 10 heteroatoms. The van der Waals surface area contributed by atoms with Crippen LogP contribution in [0.25, 0.3) is 0 Å². The van der Waals surface area contributed by atoms with E-state index >= 15 is 0 Å². The molecule has 1 heterocycles. The Morgan fingerprint density at radius 2 is 1.88 bits per heavy atom. The van der Waals surface area contributed by atoms with Crippen LogP contribution < -0.4 is 4.72 Å². The van der Waals surface area contributed by atoms with Gasteiger partial charge < -0.3 is 10.0 Å². The van der Waals surface area contributed by atoms with Crippen molar-refractivity contribution < 1.29 is 23.1 Å². The number of sulfonamides is 1. The first kappa shape index (κ1) is 24.3. The average molecular weight is 513 g/mol. The SMILES string of the molecule is CS(=O)(=O)N[C@@H]1CCCC[C@H]1N1C(=O)c2ccccc2[C@H](C(=O)O)[C@H]1C1CC=C(Cl)C=C1Cl. The molecule has 33 heavy (non-hydrogen) atoms. The van der Waals surface area contributed by atoms with E-state index in [-0.39, 0.29) is 5.91 Å². The van der Waals surface area contributed by atoms with Crippen molar-refractivity contribution >= 4 is 45.1 Å². The van der Waals surface area contributed by atoms with E-state index in [1.54, 1.807) is 41.3 Å². The van der Waals surface area contributed by atoms with Gasteiger partial charge in [-0.3, -0.25) is 9.59 Å². The van der Waals surface area contributed by atoms with Gasteiger partial charge in [-0.1, -0.05) is 60.3 Å². The predicted octanol–water partition coefficient (Wildman–Crippen LogP) is 3.80. The van der Waals surface area contributed by atoms with Gasteiger partial charge in [-0.15, -0.1) is 0 Å². The number of carbonyl (C=O) groups is 2. The normalized spacial score (nSPS) is 30.3. The maximum Gasteiger partial charge on any atom is 0.313 e. The molecule has 1 aliphatic heterocycles. The second kappa shape index (κ2) is 9.41. The fourth-order valence-electron chi connectivity index (χ4n) is 5.47. The molecule has 1 unspecified atom stereocenters. The number of halogens is 2. The number of rotatable bonds is 5. The molecule has 3 aliphatic rings. The van der Waals surface area contributed by atoms with E-state index in [9.17, 15) is 23.1 Å². The molecule has 7 nitrogen and oxygen atoms in total. The number of nitrogens with one attached hydrogen (secondary N) is 1. The molecule has 178 valence electrons. The first-order chi connectivity index (χ1) is 15.6. The third-order valence-corrected chi connectivity index (χ3v) is 8.13. The Morgan fingerprint density at radius 3 is 2.55 bits per heavy atom. The number of amides is 1. The van der Waals surface area contributed by atoms with Crippen LogP contribution in [-0.4, -0.2) is 54.7 Å². The van der Waals surface area contributed by atoms with Crippen LogP contribution in [0.15, 0.2) is 46.5 Å². The highest BCUT2D eigenvalue weighted by atomic mass is 35.5. The highest BCUT2D eigenvalue weighted by Crippen LogP contribution is 2.45. The summed E-state index contributed by atoms with van der Waals surface area (Å²) >= 11 is 12.7. The van der Waals surface area contributed by atoms with Crippen LogP contribution in [0.3, 0.4) is 0 Å². The lowest BCUT2D eigenvalue weighted by molar-refractivity contribution is -0.141. The molecular weight excluding hydrogens is 487 g/mol. The van der Waals surface area contributed by atoms with Crippen LogP contribution in [0.4, 0.5) is 0 Å². The minimum absolute atomic E-state index is 0.301. The number of carboxylic acids is 1. The zero-order valence-corrected chi connectivity index (χ0v) is 20.4. The van der Waals surface area contributed by atoms with Gasteiger partial charge in [0, 0.05) is 33.6 Å². The number of hydrogen-bond donors (Lipinski definition) is 2. The van der Waals surface area contributed by atoms with E-state index in [1.807, 2.05) is 0 Å². The number of nitrogens with zero attached hydrogens (tertiary/aromatic N) is 1. The number of aliphatic carboxylic acids is 1. The second-order valence-electron chi connectivity index (χ2n) is 8.91. The Hall–Kier alpha value is -1.87. The molecule has 2 N–H and O–H groups in total. The standard InChI is InChI=1S/C23H26Cl2N2O5S/c1-33(31,32)26-18-8-4-5-9-19(18)27-21(16-11-10-13(24)12-17(16)25)20(23(29)30)14-6-2-3-7-15(14)22(27)28/h2-3,6-7,10,12,16,18-21,26H,4-5,8-9,11H2,1H3,(H,29,30)/t16?,18-,19-,20+,21-/m1/s1. The summed E-state index contributed by atoms with van der Waals surface area (Å²) in [6.45, 7) is 0. The number of allylic oxidation sites excluding steroid dienone is 3. The van der Waals surface area contributed by atoms with E-state index in [2.05, 4.69) is 4.72 Å². The summed E-state index contributed by atoms with van der Waals surface area (Å²) < 4.78 is 26.9. The fourth-order valence-corrected chi connectivity index (χ4v) is 6.89. The van der Waals surface area contributed by atoms with Crippen molar-refractivity contribution in [2.75, 3.05) is 6.26 Å². The molecular formula is C23H26Cl2N2O5S. The van der Waals surface area contributed by atoms with E-state index in [1.165, 1.54) is 0 Å². The van der Waals surface area contributed by atoms with Gasteiger partial charge in [-0.25, -0.2) is 13.1 Å². The number of carboxylic acid groups (broad SMARTS) is 1. The van der Waals surface area contributed by atoms with Gasteiger partial charge in [0.25, 0.3) is 5.91 Å². The topological polar surface area (TPSA) is 104 Å². The predicted molar refractivity (Wildman–Crippen MR) is 127 cm³/mol. The van der Waals surface area contributed by atoms with Gasteiger partial charge in [0.15, 0.2) is 0 Å². The minimum atomic E-state index is -3.53. The Morgan fingerprint density at radius 1 is 1.18 bits per heavy atom. The van der Waals surface area contributed by atoms with Crippen molar-refractivity contribution in [3.05, 3.63) is 57.6 Å². The van der Waals surface area contributed by atoms with Gasteiger partial charge in [-0.2, -0.15) is 0 Å². The molecule has 2 aliphatic carbocycles. The van der Waals surface area contributed by atoms with Gasteiger partial charge in [-0.05, 0) is 37.0 Å². The zero-order valence-electron chi connectivity index (χ0n) is 18.1. The Balaban J connectivity index is 1.87. The molecule has 1 aromatic carbocycles. The van der Waals surface area contributed by atoms with Crippen molar-refractivity contribution in [1.29, 1.82) is 0 Å². The van der Waals surface area contributed by atoms with Crippen molar-refractivity contribution in [1.82, 2.24) is 9.62 Å². The van der Waals surface area contributed by atoms with E-state index in [4.69, 9.17) is 23.2 Å². The van der Waals surface area contributed by atoms with Crippen LogP contribution in [0, 0.1) is 5.92 Å². The summed E-state index contributed by atoms with van der Waals surface area (Å²) in [5.41, 5.74) is 0.777. The van der Waals surface area contributed by atoms with Crippen molar-refractivity contribution in [3.8, 4) is 0 Å². The Kier molecular flexibility index (Phi) is 6.92. The van der Waals surface area contributed by atoms with Crippen molar-refractivity contribution in [2.45, 2.75) is 56.1 Å².